The Bertz CT molecular complexity index is 924. The number of hydrogen-bond donors (Lipinski definition) is 0. The van der Waals surface area contributed by atoms with Crippen molar-refractivity contribution in [2.45, 2.75) is 6.92 Å². The minimum absolute atomic E-state index is 0.00847. The van der Waals surface area contributed by atoms with Gasteiger partial charge in [0.1, 0.15) is 30.5 Å². The average Bonchev–Trinajstić information content (AvgIpc) is 2.74. The standard InChI is InChI=1S/C19H15F3N2O3/c1-2-27-17(26)10-24-15-7-6-11(20)8-12(15)19(23-9-16(24)25)18-13(21)4-3-5-14(18)22/h3-8H,2,9-10H2,1H3. The molecule has 2 aromatic rings. The number of halogens is 3. The molecule has 0 bridgehead atoms. The third kappa shape index (κ3) is 3.69. The SMILES string of the molecule is CCOC(=O)CN1C(=O)CN=C(c2c(F)cccc2F)c2cc(F)ccc21. The van der Waals surface area contributed by atoms with E-state index >= 15 is 0 Å². The highest BCUT2D eigenvalue weighted by atomic mass is 19.1. The Morgan fingerprint density at radius 1 is 1.19 bits per heavy atom. The summed E-state index contributed by atoms with van der Waals surface area (Å²) in [5, 5.41) is 0. The minimum Gasteiger partial charge on any atom is -0.465 e. The van der Waals surface area contributed by atoms with Gasteiger partial charge in [0.05, 0.1) is 23.6 Å². The number of nitrogens with zero attached hydrogens (tertiary/aromatic N) is 2. The van der Waals surface area contributed by atoms with Crippen molar-refractivity contribution >= 4 is 23.3 Å². The van der Waals surface area contributed by atoms with Crippen LogP contribution in [0.5, 0.6) is 0 Å². The number of benzodiazepines with no additional fused rings is 1. The molecular formula is C19H15F3N2O3. The lowest BCUT2D eigenvalue weighted by Gasteiger charge is -2.22. The number of rotatable bonds is 4. The normalized spacial score (nSPS) is 13.7. The van der Waals surface area contributed by atoms with Crippen molar-refractivity contribution < 1.29 is 27.5 Å². The zero-order valence-corrected chi connectivity index (χ0v) is 14.3. The Morgan fingerprint density at radius 3 is 2.56 bits per heavy atom. The molecule has 0 fully saturated rings. The summed E-state index contributed by atoms with van der Waals surface area (Å²) in [6, 6.07) is 6.66. The molecule has 3 rings (SSSR count). The number of fused-ring (bicyclic) bond motifs is 1. The van der Waals surface area contributed by atoms with Crippen molar-refractivity contribution in [2.75, 3.05) is 24.6 Å². The van der Waals surface area contributed by atoms with E-state index < -0.39 is 48.0 Å². The van der Waals surface area contributed by atoms with Crippen molar-refractivity contribution in [3.05, 3.63) is 65.0 Å². The van der Waals surface area contributed by atoms with Crippen LogP contribution in [0.1, 0.15) is 18.1 Å². The van der Waals surface area contributed by atoms with Crippen molar-refractivity contribution in [3.63, 3.8) is 0 Å². The fourth-order valence-corrected chi connectivity index (χ4v) is 2.83. The summed E-state index contributed by atoms with van der Waals surface area (Å²) in [6.07, 6.45) is 0. The summed E-state index contributed by atoms with van der Waals surface area (Å²) in [6.45, 7) is 0.861. The van der Waals surface area contributed by atoms with E-state index in [1.165, 1.54) is 12.1 Å². The molecular weight excluding hydrogens is 361 g/mol. The van der Waals surface area contributed by atoms with Gasteiger partial charge in [-0.1, -0.05) is 6.07 Å². The van der Waals surface area contributed by atoms with Crippen LogP contribution in [0.4, 0.5) is 18.9 Å². The molecule has 5 nitrogen and oxygen atoms in total. The molecule has 1 aliphatic heterocycles. The molecule has 0 atom stereocenters. The van der Waals surface area contributed by atoms with Gasteiger partial charge in [-0.2, -0.15) is 0 Å². The molecule has 0 aliphatic carbocycles. The maximum absolute atomic E-state index is 14.3. The van der Waals surface area contributed by atoms with Gasteiger partial charge in [0.15, 0.2) is 0 Å². The van der Waals surface area contributed by atoms with Crippen molar-refractivity contribution in [1.29, 1.82) is 0 Å². The molecule has 1 heterocycles. The van der Waals surface area contributed by atoms with Crippen LogP contribution < -0.4 is 4.90 Å². The average molecular weight is 376 g/mol. The Hall–Kier alpha value is -3.16. The highest BCUT2D eigenvalue weighted by molar-refractivity contribution is 6.20. The van der Waals surface area contributed by atoms with Gasteiger partial charge in [-0.3, -0.25) is 19.5 Å². The van der Waals surface area contributed by atoms with Gasteiger partial charge in [-0.15, -0.1) is 0 Å². The first kappa shape index (κ1) is 18.6. The van der Waals surface area contributed by atoms with Crippen LogP contribution in [0.25, 0.3) is 0 Å². The first-order valence-corrected chi connectivity index (χ1v) is 8.17. The summed E-state index contributed by atoms with van der Waals surface area (Å²) in [7, 11) is 0. The van der Waals surface area contributed by atoms with Crippen molar-refractivity contribution in [3.8, 4) is 0 Å². The van der Waals surface area contributed by atoms with E-state index in [1.807, 2.05) is 0 Å². The zero-order chi connectivity index (χ0) is 19.6. The maximum Gasteiger partial charge on any atom is 0.326 e. The van der Waals surface area contributed by atoms with Gasteiger partial charge in [-0.25, -0.2) is 13.2 Å². The molecule has 0 saturated carbocycles. The number of amides is 1. The molecule has 0 saturated heterocycles. The quantitative estimate of drug-likeness (QED) is 0.771. The van der Waals surface area contributed by atoms with Crippen molar-refractivity contribution in [2.24, 2.45) is 4.99 Å². The van der Waals surface area contributed by atoms with Crippen LogP contribution in [0.15, 0.2) is 41.4 Å². The van der Waals surface area contributed by atoms with Crippen LogP contribution in [0, 0.1) is 17.5 Å². The lowest BCUT2D eigenvalue weighted by Crippen LogP contribution is -2.37. The molecule has 27 heavy (non-hydrogen) atoms. The number of hydrogen-bond acceptors (Lipinski definition) is 4. The third-order valence-corrected chi connectivity index (χ3v) is 3.97. The van der Waals surface area contributed by atoms with Gasteiger partial charge < -0.3 is 4.74 Å². The number of ether oxygens (including phenoxy) is 1. The lowest BCUT2D eigenvalue weighted by atomic mass is 9.99. The predicted octanol–water partition coefficient (Wildman–Crippen LogP) is 2.85. The van der Waals surface area contributed by atoms with Gasteiger partial charge in [0, 0.05) is 5.56 Å². The summed E-state index contributed by atoms with van der Waals surface area (Å²) in [5.74, 6) is -3.71. The molecule has 0 unspecified atom stereocenters. The monoisotopic (exact) mass is 376 g/mol. The number of anilines is 1. The van der Waals surface area contributed by atoms with Gasteiger partial charge in [0.25, 0.3) is 0 Å². The molecule has 1 amide bonds. The summed E-state index contributed by atoms with van der Waals surface area (Å²) in [4.78, 5) is 29.4. The summed E-state index contributed by atoms with van der Waals surface area (Å²) in [5.41, 5.74) is -0.530. The Balaban J connectivity index is 2.16. The minimum atomic E-state index is -0.893. The van der Waals surface area contributed by atoms with Gasteiger partial charge in [0.2, 0.25) is 5.91 Å². The molecule has 0 aromatic heterocycles. The molecule has 140 valence electrons. The van der Waals surface area contributed by atoms with Crippen LogP contribution in [-0.2, 0) is 14.3 Å². The Morgan fingerprint density at radius 2 is 1.89 bits per heavy atom. The van der Waals surface area contributed by atoms with Crippen LogP contribution in [0.2, 0.25) is 0 Å². The molecule has 8 heteroatoms. The number of carbonyl (C=O) groups is 2. The van der Waals surface area contributed by atoms with E-state index in [9.17, 15) is 22.8 Å². The maximum atomic E-state index is 14.3. The fraction of sp³-hybridized carbons (Fsp3) is 0.211. The Labute approximate surface area is 153 Å². The lowest BCUT2D eigenvalue weighted by molar-refractivity contribution is -0.142. The van der Waals surface area contributed by atoms with E-state index in [-0.39, 0.29) is 23.6 Å². The van der Waals surface area contributed by atoms with Gasteiger partial charge >= 0.3 is 5.97 Å². The van der Waals surface area contributed by atoms with E-state index in [0.717, 1.165) is 29.2 Å². The van der Waals surface area contributed by atoms with E-state index in [0.29, 0.717) is 0 Å². The predicted molar refractivity (Wildman–Crippen MR) is 92.3 cm³/mol. The second kappa shape index (κ2) is 7.61. The summed E-state index contributed by atoms with van der Waals surface area (Å²) >= 11 is 0. The van der Waals surface area contributed by atoms with Crippen LogP contribution in [-0.4, -0.2) is 37.3 Å². The fourth-order valence-electron chi connectivity index (χ4n) is 2.83. The van der Waals surface area contributed by atoms with Crippen molar-refractivity contribution in [1.82, 2.24) is 0 Å². The number of benzene rings is 2. The highest BCUT2D eigenvalue weighted by Gasteiger charge is 2.29. The van der Waals surface area contributed by atoms with Crippen LogP contribution in [0.3, 0.4) is 0 Å². The first-order chi connectivity index (χ1) is 12.9. The van der Waals surface area contributed by atoms with E-state index in [2.05, 4.69) is 4.99 Å². The molecule has 0 N–H and O–H groups in total. The van der Waals surface area contributed by atoms with Gasteiger partial charge in [-0.05, 0) is 37.3 Å². The second-order valence-electron chi connectivity index (χ2n) is 5.71. The highest BCUT2D eigenvalue weighted by Crippen LogP contribution is 2.29. The topological polar surface area (TPSA) is 59.0 Å². The molecule has 1 aliphatic rings. The Kier molecular flexibility index (Phi) is 5.25. The zero-order valence-electron chi connectivity index (χ0n) is 14.3. The molecule has 0 radical (unpaired) electrons. The number of carbonyl (C=O) groups excluding carboxylic acids is 2. The molecule has 2 aromatic carbocycles. The first-order valence-electron chi connectivity index (χ1n) is 8.17. The third-order valence-electron chi connectivity index (χ3n) is 3.97. The molecule has 0 spiro atoms. The number of aliphatic imine (C=N–C) groups is 1. The van der Waals surface area contributed by atoms with Crippen LogP contribution >= 0.6 is 0 Å². The number of esters is 1. The summed E-state index contributed by atoms with van der Waals surface area (Å²) < 4.78 is 47.3. The second-order valence-corrected chi connectivity index (χ2v) is 5.71. The van der Waals surface area contributed by atoms with E-state index in [4.69, 9.17) is 4.74 Å². The largest absolute Gasteiger partial charge is 0.465 e. The smallest absolute Gasteiger partial charge is 0.326 e. The van der Waals surface area contributed by atoms with E-state index in [1.54, 1.807) is 6.92 Å².